The van der Waals surface area contributed by atoms with E-state index in [1.54, 1.807) is 37.3 Å². The minimum absolute atomic E-state index is 0.147. The molecule has 0 bridgehead atoms. The average molecular weight is 619 g/mol. The molecule has 1 aromatic heterocycles. The number of anilines is 1. The Morgan fingerprint density at radius 3 is 2.31 bits per heavy atom. The van der Waals surface area contributed by atoms with Gasteiger partial charge < -0.3 is 18.9 Å². The lowest BCUT2D eigenvalue weighted by Gasteiger charge is -2.34. The number of hydrogen-bond acceptors (Lipinski definition) is 10. The highest BCUT2D eigenvalue weighted by molar-refractivity contribution is 7.89. The summed E-state index contributed by atoms with van der Waals surface area (Å²) in [7, 11) is -0.548. The normalized spacial score (nSPS) is 20.5. The lowest BCUT2D eigenvalue weighted by Crippen LogP contribution is -2.48. The molecule has 13 heteroatoms. The van der Waals surface area contributed by atoms with Crippen molar-refractivity contribution in [2.24, 2.45) is 0 Å². The summed E-state index contributed by atoms with van der Waals surface area (Å²) in [6, 6.07) is 9.78. The molecule has 2 unspecified atom stereocenters. The summed E-state index contributed by atoms with van der Waals surface area (Å²) in [6.45, 7) is 8.68. The van der Waals surface area contributed by atoms with Gasteiger partial charge in [-0.25, -0.2) is 13.4 Å². The first kappa shape index (κ1) is 30.6. The third-order valence-corrected chi connectivity index (χ3v) is 10.4. The van der Waals surface area contributed by atoms with Gasteiger partial charge in [0.1, 0.15) is 21.7 Å². The maximum absolute atomic E-state index is 14.0. The van der Waals surface area contributed by atoms with E-state index in [2.05, 4.69) is 4.90 Å². The van der Waals surface area contributed by atoms with Crippen molar-refractivity contribution < 1.29 is 32.2 Å². The van der Waals surface area contributed by atoms with E-state index < -0.39 is 10.0 Å². The Balaban J connectivity index is 1.42. The van der Waals surface area contributed by atoms with Gasteiger partial charge in [-0.05, 0) is 56.7 Å². The van der Waals surface area contributed by atoms with Gasteiger partial charge >= 0.3 is 0 Å². The Morgan fingerprint density at radius 1 is 1.02 bits per heavy atom. The van der Waals surface area contributed by atoms with Crippen LogP contribution in [-0.4, -0.2) is 107 Å². The first-order valence-corrected chi connectivity index (χ1v) is 16.4. The molecule has 11 nitrogen and oxygen atoms in total. The van der Waals surface area contributed by atoms with Crippen LogP contribution >= 0.6 is 11.3 Å². The van der Waals surface area contributed by atoms with Crippen LogP contribution in [0.3, 0.4) is 0 Å². The van der Waals surface area contributed by atoms with E-state index in [4.69, 9.17) is 23.9 Å². The van der Waals surface area contributed by atoms with E-state index in [0.29, 0.717) is 47.5 Å². The quantitative estimate of drug-likeness (QED) is 0.337. The smallest absolute Gasteiger partial charge is 0.260 e. The minimum Gasteiger partial charge on any atom is -0.495 e. The molecule has 2 aromatic carbocycles. The highest BCUT2D eigenvalue weighted by Crippen LogP contribution is 2.40. The lowest BCUT2D eigenvalue weighted by molar-refractivity contribution is -0.0440. The van der Waals surface area contributed by atoms with Crippen molar-refractivity contribution in [3.8, 4) is 11.5 Å². The summed E-state index contributed by atoms with van der Waals surface area (Å²) in [4.78, 5) is 22.9. The van der Waals surface area contributed by atoms with Crippen molar-refractivity contribution >= 4 is 42.6 Å². The molecule has 0 aliphatic carbocycles. The van der Waals surface area contributed by atoms with Crippen LogP contribution in [0.2, 0.25) is 0 Å². The Hall–Kier alpha value is -2.81. The second-order valence-corrected chi connectivity index (χ2v) is 13.4. The van der Waals surface area contributed by atoms with E-state index in [1.165, 1.54) is 27.8 Å². The van der Waals surface area contributed by atoms with Gasteiger partial charge in [-0.3, -0.25) is 14.6 Å². The van der Waals surface area contributed by atoms with Crippen LogP contribution in [0.1, 0.15) is 30.6 Å². The van der Waals surface area contributed by atoms with Crippen LogP contribution in [0.25, 0.3) is 10.2 Å². The Kier molecular flexibility index (Phi) is 9.65. The van der Waals surface area contributed by atoms with E-state index in [9.17, 15) is 13.2 Å². The molecule has 0 spiro atoms. The largest absolute Gasteiger partial charge is 0.495 e. The highest BCUT2D eigenvalue weighted by atomic mass is 32.2. The van der Waals surface area contributed by atoms with Gasteiger partial charge in [0.25, 0.3) is 5.91 Å². The second kappa shape index (κ2) is 13.2. The molecule has 0 N–H and O–H groups in total. The molecule has 1 amide bonds. The van der Waals surface area contributed by atoms with Crippen molar-refractivity contribution in [2.75, 3.05) is 71.6 Å². The Morgan fingerprint density at radius 2 is 1.67 bits per heavy atom. The van der Waals surface area contributed by atoms with Crippen LogP contribution in [-0.2, 0) is 19.5 Å². The van der Waals surface area contributed by atoms with Gasteiger partial charge in [0, 0.05) is 44.8 Å². The van der Waals surface area contributed by atoms with Crippen LogP contribution in [0.5, 0.6) is 11.5 Å². The molecule has 2 aliphatic rings. The fourth-order valence-corrected chi connectivity index (χ4v) is 8.04. The van der Waals surface area contributed by atoms with Gasteiger partial charge in [0.2, 0.25) is 10.0 Å². The number of benzene rings is 2. The number of nitrogens with zero attached hydrogens (tertiary/aromatic N) is 4. The van der Waals surface area contributed by atoms with Crippen molar-refractivity contribution in [1.29, 1.82) is 0 Å². The number of carbonyl (C=O) groups is 1. The molecule has 2 atom stereocenters. The van der Waals surface area contributed by atoms with Gasteiger partial charge in [-0.15, -0.1) is 0 Å². The van der Waals surface area contributed by atoms with Gasteiger partial charge in [-0.1, -0.05) is 11.3 Å². The highest BCUT2D eigenvalue weighted by Gasteiger charge is 2.32. The summed E-state index contributed by atoms with van der Waals surface area (Å²) < 4.78 is 51.2. The van der Waals surface area contributed by atoms with Crippen LogP contribution in [0.15, 0.2) is 41.3 Å². The van der Waals surface area contributed by atoms with Crippen LogP contribution in [0.4, 0.5) is 5.13 Å². The fourth-order valence-electron chi connectivity index (χ4n) is 5.35. The van der Waals surface area contributed by atoms with Gasteiger partial charge in [-0.2, -0.15) is 4.31 Å². The number of ether oxygens (including phenoxy) is 4. The SMILES string of the molecule is COc1ccc(OC)c2sc(N(CCCN3CCOCC3)C(=O)c3ccc(S(=O)(=O)N4CC(C)OC(C)C4)cc3)nc12. The summed E-state index contributed by atoms with van der Waals surface area (Å²) in [5.74, 6) is 0.985. The van der Waals surface area contributed by atoms with E-state index in [-0.39, 0.29) is 36.1 Å². The number of rotatable bonds is 10. The number of fused-ring (bicyclic) bond motifs is 1. The van der Waals surface area contributed by atoms with Gasteiger partial charge in [0.15, 0.2) is 5.13 Å². The number of sulfonamides is 1. The number of hydrogen-bond donors (Lipinski definition) is 0. The van der Waals surface area contributed by atoms with Crippen LogP contribution < -0.4 is 14.4 Å². The number of methoxy groups -OCH3 is 2. The summed E-state index contributed by atoms with van der Waals surface area (Å²) in [5.41, 5.74) is 1.00. The number of carbonyl (C=O) groups excluding carboxylic acids is 1. The molecule has 2 aliphatic heterocycles. The molecule has 3 heterocycles. The van der Waals surface area contributed by atoms with Crippen molar-refractivity contribution in [3.05, 3.63) is 42.0 Å². The lowest BCUT2D eigenvalue weighted by atomic mass is 10.2. The average Bonchev–Trinajstić information content (AvgIpc) is 3.44. The predicted molar refractivity (Wildman–Crippen MR) is 161 cm³/mol. The summed E-state index contributed by atoms with van der Waals surface area (Å²) >= 11 is 1.36. The zero-order valence-corrected chi connectivity index (χ0v) is 26.1. The fraction of sp³-hybridized carbons (Fsp3) is 0.517. The molecule has 2 fully saturated rings. The minimum atomic E-state index is -3.73. The molecular formula is C29H38N4O7S2. The Bertz CT molecular complexity index is 1440. The van der Waals surface area contributed by atoms with Crippen molar-refractivity contribution in [3.63, 3.8) is 0 Å². The third kappa shape index (κ3) is 6.56. The van der Waals surface area contributed by atoms with Crippen molar-refractivity contribution in [2.45, 2.75) is 37.4 Å². The molecular weight excluding hydrogens is 580 g/mol. The number of aromatic nitrogens is 1. The van der Waals surface area contributed by atoms with Crippen molar-refractivity contribution in [1.82, 2.24) is 14.2 Å². The molecule has 2 saturated heterocycles. The molecule has 5 rings (SSSR count). The second-order valence-electron chi connectivity index (χ2n) is 10.5. The molecule has 3 aromatic rings. The maximum atomic E-state index is 14.0. The molecule has 0 radical (unpaired) electrons. The third-order valence-electron chi connectivity index (χ3n) is 7.46. The Labute approximate surface area is 251 Å². The predicted octanol–water partition coefficient (Wildman–Crippen LogP) is 3.48. The standard InChI is InChI=1S/C29H38N4O7S2/c1-20-18-32(19-21(2)40-20)42(35,36)23-8-6-22(7-9-23)28(34)33(13-5-12-31-14-16-39-17-15-31)29-30-26-24(37-3)10-11-25(38-4)27(26)41-29/h6-11,20-21H,5,12-19H2,1-4H3. The zero-order chi connectivity index (χ0) is 29.9. The maximum Gasteiger partial charge on any atom is 0.260 e. The number of thiazole rings is 1. The monoisotopic (exact) mass is 618 g/mol. The molecule has 42 heavy (non-hydrogen) atoms. The first-order valence-electron chi connectivity index (χ1n) is 14.1. The van der Waals surface area contributed by atoms with Crippen LogP contribution in [0, 0.1) is 0 Å². The van der Waals surface area contributed by atoms with E-state index >= 15 is 0 Å². The zero-order valence-electron chi connectivity index (χ0n) is 24.4. The summed E-state index contributed by atoms with van der Waals surface area (Å²) in [5, 5.41) is 0.521. The summed E-state index contributed by atoms with van der Waals surface area (Å²) in [6.07, 6.45) is 0.346. The number of morpholine rings is 2. The molecule has 0 saturated carbocycles. The van der Waals surface area contributed by atoms with E-state index in [0.717, 1.165) is 30.8 Å². The molecule has 228 valence electrons. The van der Waals surface area contributed by atoms with Gasteiger partial charge in [0.05, 0.1) is 44.5 Å². The first-order chi connectivity index (χ1) is 20.2. The number of amides is 1. The van der Waals surface area contributed by atoms with E-state index in [1.807, 2.05) is 19.9 Å². The topological polar surface area (TPSA) is 111 Å².